The van der Waals surface area contributed by atoms with Crippen LogP contribution in [0.1, 0.15) is 17.5 Å². The highest BCUT2D eigenvalue weighted by atomic mass is 19.4. The van der Waals surface area contributed by atoms with Gasteiger partial charge in [-0.1, -0.05) is 6.07 Å². The summed E-state index contributed by atoms with van der Waals surface area (Å²) in [6.07, 6.45) is -4.06. The van der Waals surface area contributed by atoms with Crippen molar-refractivity contribution in [1.82, 2.24) is 0 Å². The van der Waals surface area contributed by atoms with E-state index in [1.54, 1.807) is 0 Å². The van der Waals surface area contributed by atoms with Gasteiger partial charge < -0.3 is 15.6 Å². The molecule has 0 aliphatic rings. The standard InChI is InChI=1S/C11H14F3NO2/c12-11(13,14)10-6-9(17-5-1-4-16)3-2-8(10)7-15/h2-3,6,16H,1,4-5,7,15H2. The summed E-state index contributed by atoms with van der Waals surface area (Å²) in [4.78, 5) is 0. The van der Waals surface area contributed by atoms with Crippen LogP contribution in [-0.4, -0.2) is 18.3 Å². The molecule has 0 heterocycles. The van der Waals surface area contributed by atoms with E-state index in [0.717, 1.165) is 6.07 Å². The van der Waals surface area contributed by atoms with Crippen molar-refractivity contribution in [2.24, 2.45) is 5.73 Å². The maximum absolute atomic E-state index is 12.7. The van der Waals surface area contributed by atoms with Gasteiger partial charge in [-0.15, -0.1) is 0 Å². The van der Waals surface area contributed by atoms with Gasteiger partial charge in [0.1, 0.15) is 5.75 Å². The van der Waals surface area contributed by atoms with Gasteiger partial charge in [-0.2, -0.15) is 13.2 Å². The average molecular weight is 249 g/mol. The van der Waals surface area contributed by atoms with Crippen LogP contribution >= 0.6 is 0 Å². The molecule has 1 aromatic carbocycles. The Labute approximate surface area is 97.0 Å². The number of hydrogen-bond acceptors (Lipinski definition) is 3. The summed E-state index contributed by atoms with van der Waals surface area (Å²) in [5.74, 6) is 0.128. The topological polar surface area (TPSA) is 55.5 Å². The van der Waals surface area contributed by atoms with Gasteiger partial charge in [0.15, 0.2) is 0 Å². The van der Waals surface area contributed by atoms with Gasteiger partial charge in [0.2, 0.25) is 0 Å². The molecule has 0 aromatic heterocycles. The highest BCUT2D eigenvalue weighted by Gasteiger charge is 2.33. The number of ether oxygens (including phenoxy) is 1. The Morgan fingerprint density at radius 1 is 1.29 bits per heavy atom. The molecule has 17 heavy (non-hydrogen) atoms. The number of rotatable bonds is 5. The van der Waals surface area contributed by atoms with Gasteiger partial charge in [-0.25, -0.2) is 0 Å². The molecule has 0 saturated heterocycles. The van der Waals surface area contributed by atoms with E-state index >= 15 is 0 Å². The molecule has 3 N–H and O–H groups in total. The lowest BCUT2D eigenvalue weighted by Crippen LogP contribution is -2.12. The minimum absolute atomic E-state index is 0.0343. The van der Waals surface area contributed by atoms with Gasteiger partial charge in [-0.05, 0) is 17.7 Å². The van der Waals surface area contributed by atoms with Gasteiger partial charge in [0.25, 0.3) is 0 Å². The van der Waals surface area contributed by atoms with Crippen LogP contribution in [0.5, 0.6) is 5.75 Å². The van der Waals surface area contributed by atoms with Crippen molar-refractivity contribution < 1.29 is 23.0 Å². The second-order valence-corrected chi connectivity index (χ2v) is 3.45. The predicted molar refractivity (Wildman–Crippen MR) is 56.5 cm³/mol. The van der Waals surface area contributed by atoms with Crippen LogP contribution in [-0.2, 0) is 12.7 Å². The van der Waals surface area contributed by atoms with E-state index in [1.807, 2.05) is 0 Å². The summed E-state index contributed by atoms with van der Waals surface area (Å²) in [6.45, 7) is -0.0610. The lowest BCUT2D eigenvalue weighted by Gasteiger charge is -2.13. The summed E-state index contributed by atoms with van der Waals surface area (Å²) in [7, 11) is 0. The average Bonchev–Trinajstić information content (AvgIpc) is 2.28. The first kappa shape index (κ1) is 13.8. The predicted octanol–water partition coefficient (Wildman–Crippen LogP) is 1.93. The SMILES string of the molecule is NCc1ccc(OCCCO)cc1C(F)(F)F. The van der Waals surface area contributed by atoms with E-state index in [4.69, 9.17) is 15.6 Å². The van der Waals surface area contributed by atoms with Crippen LogP contribution in [0.2, 0.25) is 0 Å². The smallest absolute Gasteiger partial charge is 0.416 e. The zero-order chi connectivity index (χ0) is 12.9. The molecule has 0 aliphatic heterocycles. The van der Waals surface area contributed by atoms with Crippen molar-refractivity contribution in [3.8, 4) is 5.75 Å². The third-order valence-electron chi connectivity index (χ3n) is 2.18. The minimum atomic E-state index is -4.44. The lowest BCUT2D eigenvalue weighted by atomic mass is 10.1. The maximum Gasteiger partial charge on any atom is 0.416 e. The Balaban J connectivity index is 2.89. The number of alkyl halides is 3. The molecule has 1 rings (SSSR count). The fourth-order valence-corrected chi connectivity index (χ4v) is 1.34. The largest absolute Gasteiger partial charge is 0.493 e. The summed E-state index contributed by atoms with van der Waals surface area (Å²) in [5.41, 5.74) is 4.50. The monoisotopic (exact) mass is 249 g/mol. The zero-order valence-corrected chi connectivity index (χ0v) is 9.13. The van der Waals surface area contributed by atoms with E-state index in [2.05, 4.69) is 0 Å². The number of hydrogen-bond donors (Lipinski definition) is 2. The zero-order valence-electron chi connectivity index (χ0n) is 9.13. The highest BCUT2D eigenvalue weighted by Crippen LogP contribution is 2.34. The summed E-state index contributed by atoms with van der Waals surface area (Å²) >= 11 is 0. The first-order valence-electron chi connectivity index (χ1n) is 5.13. The van der Waals surface area contributed by atoms with Crippen LogP contribution in [0.4, 0.5) is 13.2 Å². The van der Waals surface area contributed by atoms with Crippen molar-refractivity contribution >= 4 is 0 Å². The van der Waals surface area contributed by atoms with Crippen LogP contribution in [0.25, 0.3) is 0 Å². The van der Waals surface area contributed by atoms with E-state index in [0.29, 0.717) is 6.42 Å². The van der Waals surface area contributed by atoms with Crippen molar-refractivity contribution in [2.75, 3.05) is 13.2 Å². The summed E-state index contributed by atoms with van der Waals surface area (Å²) in [6, 6.07) is 3.67. The first-order chi connectivity index (χ1) is 7.99. The van der Waals surface area contributed by atoms with Crippen molar-refractivity contribution in [1.29, 1.82) is 0 Å². The van der Waals surface area contributed by atoms with Crippen molar-refractivity contribution in [3.63, 3.8) is 0 Å². The molecular weight excluding hydrogens is 235 g/mol. The maximum atomic E-state index is 12.7. The molecular formula is C11H14F3NO2. The third kappa shape index (κ3) is 3.90. The fourth-order valence-electron chi connectivity index (χ4n) is 1.34. The minimum Gasteiger partial charge on any atom is -0.493 e. The molecule has 0 saturated carbocycles. The Kier molecular flexibility index (Phi) is 4.77. The molecule has 0 unspecified atom stereocenters. The number of aliphatic hydroxyl groups excluding tert-OH is 1. The number of benzene rings is 1. The van der Waals surface area contributed by atoms with Crippen LogP contribution < -0.4 is 10.5 Å². The van der Waals surface area contributed by atoms with Crippen LogP contribution in [0, 0.1) is 0 Å². The number of aliphatic hydroxyl groups is 1. The van der Waals surface area contributed by atoms with Gasteiger partial charge in [0, 0.05) is 19.6 Å². The molecule has 0 radical (unpaired) electrons. The van der Waals surface area contributed by atoms with Crippen molar-refractivity contribution in [3.05, 3.63) is 29.3 Å². The van der Waals surface area contributed by atoms with E-state index in [-0.39, 0.29) is 31.1 Å². The molecule has 3 nitrogen and oxygen atoms in total. The normalized spacial score (nSPS) is 11.6. The van der Waals surface area contributed by atoms with Crippen molar-refractivity contribution in [2.45, 2.75) is 19.1 Å². The number of halogens is 3. The quantitative estimate of drug-likeness (QED) is 0.784. The second-order valence-electron chi connectivity index (χ2n) is 3.45. The Morgan fingerprint density at radius 2 is 2.00 bits per heavy atom. The Bertz CT molecular complexity index is 366. The van der Waals surface area contributed by atoms with Gasteiger partial charge in [-0.3, -0.25) is 0 Å². The van der Waals surface area contributed by atoms with E-state index in [1.165, 1.54) is 12.1 Å². The molecule has 6 heteroatoms. The second kappa shape index (κ2) is 5.88. The van der Waals surface area contributed by atoms with E-state index in [9.17, 15) is 13.2 Å². The number of nitrogens with two attached hydrogens (primary N) is 1. The lowest BCUT2D eigenvalue weighted by molar-refractivity contribution is -0.138. The Morgan fingerprint density at radius 3 is 2.53 bits per heavy atom. The summed E-state index contributed by atoms with van der Waals surface area (Å²) in [5, 5.41) is 8.53. The third-order valence-corrected chi connectivity index (χ3v) is 2.18. The van der Waals surface area contributed by atoms with Gasteiger partial charge >= 0.3 is 6.18 Å². The fraction of sp³-hybridized carbons (Fsp3) is 0.455. The molecule has 0 atom stereocenters. The molecule has 96 valence electrons. The molecule has 0 fully saturated rings. The molecule has 0 bridgehead atoms. The van der Waals surface area contributed by atoms with Crippen LogP contribution in [0.15, 0.2) is 18.2 Å². The van der Waals surface area contributed by atoms with E-state index < -0.39 is 11.7 Å². The Hall–Kier alpha value is -1.27. The highest BCUT2D eigenvalue weighted by molar-refractivity contribution is 5.37. The molecule has 0 spiro atoms. The van der Waals surface area contributed by atoms with Crippen LogP contribution in [0.3, 0.4) is 0 Å². The van der Waals surface area contributed by atoms with Gasteiger partial charge in [0.05, 0.1) is 12.2 Å². The molecule has 1 aromatic rings. The molecule has 0 amide bonds. The summed E-state index contributed by atoms with van der Waals surface area (Å²) < 4.78 is 43.0. The first-order valence-corrected chi connectivity index (χ1v) is 5.13. The molecule has 0 aliphatic carbocycles.